The molecule has 1 atom stereocenters. The van der Waals surface area contributed by atoms with Crippen molar-refractivity contribution in [3.05, 3.63) is 0 Å². The maximum atomic E-state index is 4.50. The van der Waals surface area contributed by atoms with Crippen molar-refractivity contribution in [2.75, 3.05) is 46.8 Å². The van der Waals surface area contributed by atoms with Crippen molar-refractivity contribution in [2.45, 2.75) is 39.5 Å². The van der Waals surface area contributed by atoms with Crippen molar-refractivity contribution in [1.29, 1.82) is 0 Å². The normalized spacial score (nSPS) is 27.3. The highest BCUT2D eigenvalue weighted by Crippen LogP contribution is 2.36. The van der Waals surface area contributed by atoms with Gasteiger partial charge in [-0.1, -0.05) is 13.8 Å². The second-order valence-corrected chi connectivity index (χ2v) is 6.72. The summed E-state index contributed by atoms with van der Waals surface area (Å²) in [5.41, 5.74) is 0.519. The van der Waals surface area contributed by atoms with Crippen LogP contribution in [0.1, 0.15) is 39.5 Å². The molecular formula is C16H32N4. The Morgan fingerprint density at radius 3 is 2.55 bits per heavy atom. The van der Waals surface area contributed by atoms with E-state index in [1.807, 2.05) is 7.05 Å². The number of nitrogens with zero attached hydrogens (tertiary/aromatic N) is 3. The highest BCUT2D eigenvalue weighted by molar-refractivity contribution is 5.80. The average molecular weight is 280 g/mol. The van der Waals surface area contributed by atoms with Crippen molar-refractivity contribution in [3.63, 3.8) is 0 Å². The number of hydrogen-bond acceptors (Lipinski definition) is 2. The number of aliphatic imine (C=N–C) groups is 1. The van der Waals surface area contributed by atoms with Crippen molar-refractivity contribution in [1.82, 2.24) is 15.1 Å². The summed E-state index contributed by atoms with van der Waals surface area (Å²) in [5, 5.41) is 3.61. The van der Waals surface area contributed by atoms with Crippen LogP contribution in [0, 0.1) is 11.3 Å². The molecule has 2 aliphatic rings. The molecule has 0 spiro atoms. The second-order valence-electron chi connectivity index (χ2n) is 6.72. The van der Waals surface area contributed by atoms with E-state index in [-0.39, 0.29) is 0 Å². The Balaban J connectivity index is 1.84. The molecule has 1 N–H and O–H groups in total. The lowest BCUT2D eigenvalue weighted by atomic mass is 9.82. The first kappa shape index (κ1) is 15.6. The standard InChI is InChI=1S/C16H32N4/c1-5-16(6-2)8-10-20(13-16)15(17-3)18-11-14-7-9-19(4)12-14/h14H,5-13H2,1-4H3,(H,17,18). The number of hydrogen-bond donors (Lipinski definition) is 1. The summed E-state index contributed by atoms with van der Waals surface area (Å²) in [7, 11) is 4.13. The SMILES string of the molecule is CCC1(CC)CCN(C(=NC)NCC2CCN(C)C2)C1. The van der Waals surface area contributed by atoms with E-state index in [9.17, 15) is 0 Å². The van der Waals surface area contributed by atoms with E-state index in [0.717, 1.165) is 25.0 Å². The van der Waals surface area contributed by atoms with Crippen LogP contribution >= 0.6 is 0 Å². The van der Waals surface area contributed by atoms with Crippen molar-refractivity contribution < 1.29 is 0 Å². The van der Waals surface area contributed by atoms with Crippen LogP contribution < -0.4 is 5.32 Å². The van der Waals surface area contributed by atoms with Crippen molar-refractivity contribution >= 4 is 5.96 Å². The molecule has 2 fully saturated rings. The molecule has 1 unspecified atom stereocenters. The third-order valence-electron chi connectivity index (χ3n) is 5.49. The third kappa shape index (κ3) is 3.46. The summed E-state index contributed by atoms with van der Waals surface area (Å²) < 4.78 is 0. The van der Waals surface area contributed by atoms with Crippen LogP contribution in [-0.4, -0.2) is 62.6 Å². The van der Waals surface area contributed by atoms with E-state index in [4.69, 9.17) is 0 Å². The number of nitrogens with one attached hydrogen (secondary N) is 1. The number of guanidine groups is 1. The molecule has 116 valence electrons. The van der Waals surface area contributed by atoms with Crippen molar-refractivity contribution in [3.8, 4) is 0 Å². The summed E-state index contributed by atoms with van der Waals surface area (Å²) >= 11 is 0. The van der Waals surface area contributed by atoms with Gasteiger partial charge in [-0.25, -0.2) is 0 Å². The molecule has 0 aliphatic carbocycles. The Kier molecular flexibility index (Phi) is 5.30. The van der Waals surface area contributed by atoms with Crippen LogP contribution in [0.4, 0.5) is 0 Å². The van der Waals surface area contributed by atoms with Gasteiger partial charge in [0.05, 0.1) is 0 Å². The predicted molar refractivity (Wildman–Crippen MR) is 86.2 cm³/mol. The van der Waals surface area contributed by atoms with Gasteiger partial charge in [0.15, 0.2) is 5.96 Å². The highest BCUT2D eigenvalue weighted by atomic mass is 15.3. The molecule has 0 aromatic carbocycles. The first-order valence-corrected chi connectivity index (χ1v) is 8.26. The first-order valence-electron chi connectivity index (χ1n) is 8.26. The molecule has 2 heterocycles. The fourth-order valence-electron chi connectivity index (χ4n) is 3.70. The fourth-order valence-corrected chi connectivity index (χ4v) is 3.70. The largest absolute Gasteiger partial charge is 0.356 e. The number of likely N-dealkylation sites (tertiary alicyclic amines) is 2. The zero-order valence-electron chi connectivity index (χ0n) is 13.8. The zero-order valence-corrected chi connectivity index (χ0v) is 13.8. The van der Waals surface area contributed by atoms with Gasteiger partial charge < -0.3 is 15.1 Å². The molecule has 0 amide bonds. The Morgan fingerprint density at radius 1 is 1.30 bits per heavy atom. The van der Waals surface area contributed by atoms with Gasteiger partial charge >= 0.3 is 0 Å². The fraction of sp³-hybridized carbons (Fsp3) is 0.938. The van der Waals surface area contributed by atoms with Crippen molar-refractivity contribution in [2.24, 2.45) is 16.3 Å². The maximum Gasteiger partial charge on any atom is 0.193 e. The molecule has 0 aromatic heterocycles. The molecule has 4 heteroatoms. The van der Waals surface area contributed by atoms with Crippen LogP contribution in [-0.2, 0) is 0 Å². The first-order chi connectivity index (χ1) is 9.62. The zero-order chi connectivity index (χ0) is 14.6. The molecule has 2 saturated heterocycles. The van der Waals surface area contributed by atoms with E-state index in [1.165, 1.54) is 45.3 Å². The number of rotatable bonds is 4. The van der Waals surface area contributed by atoms with Crippen LogP contribution in [0.5, 0.6) is 0 Å². The van der Waals surface area contributed by atoms with E-state index >= 15 is 0 Å². The van der Waals surface area contributed by atoms with Crippen LogP contribution in [0.3, 0.4) is 0 Å². The lowest BCUT2D eigenvalue weighted by molar-refractivity contribution is 0.275. The minimum absolute atomic E-state index is 0.519. The molecule has 0 aromatic rings. The topological polar surface area (TPSA) is 30.9 Å². The predicted octanol–water partition coefficient (Wildman–Crippen LogP) is 2.03. The lowest BCUT2D eigenvalue weighted by Gasteiger charge is -2.28. The van der Waals surface area contributed by atoms with E-state index < -0.39 is 0 Å². The molecule has 0 saturated carbocycles. The van der Waals surface area contributed by atoms with Gasteiger partial charge in [-0.15, -0.1) is 0 Å². The quantitative estimate of drug-likeness (QED) is 0.631. The lowest BCUT2D eigenvalue weighted by Crippen LogP contribution is -2.43. The summed E-state index contributed by atoms with van der Waals surface area (Å²) in [6, 6.07) is 0. The van der Waals surface area contributed by atoms with Crippen LogP contribution in [0.25, 0.3) is 0 Å². The third-order valence-corrected chi connectivity index (χ3v) is 5.49. The smallest absolute Gasteiger partial charge is 0.193 e. The van der Waals surface area contributed by atoms with Gasteiger partial charge in [-0.2, -0.15) is 0 Å². The molecule has 4 nitrogen and oxygen atoms in total. The Hall–Kier alpha value is -0.770. The van der Waals surface area contributed by atoms with Gasteiger partial charge in [0.2, 0.25) is 0 Å². The Labute approximate surface area is 124 Å². The van der Waals surface area contributed by atoms with Gasteiger partial charge in [0, 0.05) is 33.2 Å². The van der Waals surface area contributed by atoms with Gasteiger partial charge in [0.25, 0.3) is 0 Å². The van der Waals surface area contributed by atoms with E-state index in [2.05, 4.69) is 41.0 Å². The molecule has 20 heavy (non-hydrogen) atoms. The maximum absolute atomic E-state index is 4.50. The summed E-state index contributed by atoms with van der Waals surface area (Å²) in [4.78, 5) is 9.39. The second kappa shape index (κ2) is 6.79. The Bertz CT molecular complexity index is 335. The molecular weight excluding hydrogens is 248 g/mol. The van der Waals surface area contributed by atoms with Gasteiger partial charge in [-0.05, 0) is 50.6 Å². The summed E-state index contributed by atoms with van der Waals surface area (Å²) in [6.45, 7) is 10.5. The van der Waals surface area contributed by atoms with E-state index in [1.54, 1.807) is 0 Å². The molecule has 0 radical (unpaired) electrons. The van der Waals surface area contributed by atoms with Crippen LogP contribution in [0.15, 0.2) is 4.99 Å². The average Bonchev–Trinajstić information content (AvgIpc) is 3.07. The summed E-state index contributed by atoms with van der Waals surface area (Å²) in [5.74, 6) is 1.89. The molecule has 2 aliphatic heterocycles. The summed E-state index contributed by atoms with van der Waals surface area (Å²) in [6.07, 6.45) is 5.19. The van der Waals surface area contributed by atoms with Gasteiger partial charge in [0.1, 0.15) is 0 Å². The monoisotopic (exact) mass is 280 g/mol. The molecule has 0 bridgehead atoms. The van der Waals surface area contributed by atoms with Crippen LogP contribution in [0.2, 0.25) is 0 Å². The molecule has 2 rings (SSSR count). The van der Waals surface area contributed by atoms with Gasteiger partial charge in [-0.3, -0.25) is 4.99 Å². The minimum Gasteiger partial charge on any atom is -0.356 e. The van der Waals surface area contributed by atoms with E-state index in [0.29, 0.717) is 5.41 Å². The Morgan fingerprint density at radius 2 is 2.05 bits per heavy atom. The highest BCUT2D eigenvalue weighted by Gasteiger charge is 2.36. The minimum atomic E-state index is 0.519.